The molecule has 4 aromatic rings. The summed E-state index contributed by atoms with van der Waals surface area (Å²) in [6, 6.07) is 22.3. The van der Waals surface area contributed by atoms with Crippen LogP contribution < -0.4 is 4.74 Å². The summed E-state index contributed by atoms with van der Waals surface area (Å²) < 4.78 is 11.1. The van der Waals surface area contributed by atoms with E-state index in [1.165, 1.54) is 16.7 Å². The second-order valence-corrected chi connectivity index (χ2v) is 7.63. The molecule has 146 valence electrons. The lowest BCUT2D eigenvalue weighted by atomic mass is 9.78. The van der Waals surface area contributed by atoms with Crippen molar-refractivity contribution in [2.24, 2.45) is 0 Å². The lowest BCUT2D eigenvalue weighted by Gasteiger charge is -2.26. The van der Waals surface area contributed by atoms with E-state index < -0.39 is 0 Å². The van der Waals surface area contributed by atoms with E-state index in [1.54, 1.807) is 13.0 Å². The summed E-state index contributed by atoms with van der Waals surface area (Å²) in [6.07, 6.45) is 0. The molecule has 4 rings (SSSR count). The van der Waals surface area contributed by atoms with Gasteiger partial charge in [0.25, 0.3) is 5.89 Å². The molecule has 2 aromatic heterocycles. The number of nitrogens with zero attached hydrogens (tertiary/aromatic N) is 3. The normalized spacial score (nSPS) is 11.4. The minimum atomic E-state index is -0.0970. The van der Waals surface area contributed by atoms with Crippen molar-refractivity contribution in [2.75, 3.05) is 0 Å². The molecule has 0 aliphatic carbocycles. The molecule has 0 amide bonds. The molecular formula is C24H23N3O2. The van der Waals surface area contributed by atoms with E-state index in [0.29, 0.717) is 23.3 Å². The van der Waals surface area contributed by atoms with Crippen LogP contribution in [0.4, 0.5) is 0 Å². The summed E-state index contributed by atoms with van der Waals surface area (Å²) in [5.74, 6) is 2.15. The Morgan fingerprint density at radius 1 is 0.793 bits per heavy atom. The number of rotatable bonds is 5. The lowest BCUT2D eigenvalue weighted by Crippen LogP contribution is -2.18. The Balaban J connectivity index is 1.53. The highest BCUT2D eigenvalue weighted by atomic mass is 16.5. The summed E-state index contributed by atoms with van der Waals surface area (Å²) >= 11 is 0. The SMILES string of the molecule is Cc1ccc(C(C)(C)c2ccc(Oc3cccc(-c4nc(C)no4)n3)cc2)cc1. The average Bonchev–Trinajstić information content (AvgIpc) is 3.15. The van der Waals surface area contributed by atoms with Gasteiger partial charge in [-0.25, -0.2) is 4.98 Å². The summed E-state index contributed by atoms with van der Waals surface area (Å²) in [4.78, 5) is 8.67. The smallest absolute Gasteiger partial charge is 0.276 e. The van der Waals surface area contributed by atoms with Crippen LogP contribution in [0.3, 0.4) is 0 Å². The quantitative estimate of drug-likeness (QED) is 0.430. The summed E-state index contributed by atoms with van der Waals surface area (Å²) in [5.41, 5.74) is 4.25. The second-order valence-electron chi connectivity index (χ2n) is 7.63. The Kier molecular flexibility index (Phi) is 4.89. The van der Waals surface area contributed by atoms with Crippen molar-refractivity contribution in [2.45, 2.75) is 33.1 Å². The standard InChI is InChI=1S/C24H23N3O2/c1-16-8-10-18(11-9-16)24(3,4)19-12-14-20(15-13-19)28-22-7-5-6-21(26-22)23-25-17(2)27-29-23/h5-15H,1-4H3. The van der Waals surface area contributed by atoms with Crippen LogP contribution in [0.2, 0.25) is 0 Å². The van der Waals surface area contributed by atoms with E-state index in [-0.39, 0.29) is 5.41 Å². The first kappa shape index (κ1) is 18.9. The molecule has 0 saturated heterocycles. The zero-order chi connectivity index (χ0) is 20.4. The molecule has 0 aliphatic rings. The Labute approximate surface area is 170 Å². The summed E-state index contributed by atoms with van der Waals surface area (Å²) in [6.45, 7) is 8.33. The maximum atomic E-state index is 5.94. The van der Waals surface area contributed by atoms with Gasteiger partial charge in [-0.3, -0.25) is 0 Å². The fourth-order valence-electron chi connectivity index (χ4n) is 3.19. The fourth-order valence-corrected chi connectivity index (χ4v) is 3.19. The summed E-state index contributed by atoms with van der Waals surface area (Å²) in [5, 5.41) is 3.80. The van der Waals surface area contributed by atoms with Gasteiger partial charge in [-0.2, -0.15) is 4.98 Å². The molecule has 2 heterocycles. The molecule has 0 spiro atoms. The molecule has 0 atom stereocenters. The van der Waals surface area contributed by atoms with Gasteiger partial charge in [0.15, 0.2) is 5.82 Å². The molecule has 0 N–H and O–H groups in total. The van der Waals surface area contributed by atoms with Crippen LogP contribution in [0.25, 0.3) is 11.6 Å². The van der Waals surface area contributed by atoms with Gasteiger partial charge < -0.3 is 9.26 Å². The fraction of sp³-hybridized carbons (Fsp3) is 0.208. The first-order chi connectivity index (χ1) is 13.9. The maximum Gasteiger partial charge on any atom is 0.276 e. The third-order valence-corrected chi connectivity index (χ3v) is 5.04. The second kappa shape index (κ2) is 7.51. The maximum absolute atomic E-state index is 5.94. The minimum absolute atomic E-state index is 0.0970. The molecule has 0 radical (unpaired) electrons. The highest BCUT2D eigenvalue weighted by Gasteiger charge is 2.23. The van der Waals surface area contributed by atoms with Crippen LogP contribution in [-0.2, 0) is 5.41 Å². The molecule has 0 fully saturated rings. The highest BCUT2D eigenvalue weighted by Crippen LogP contribution is 2.33. The van der Waals surface area contributed by atoms with Gasteiger partial charge in [-0.15, -0.1) is 0 Å². The monoisotopic (exact) mass is 385 g/mol. The van der Waals surface area contributed by atoms with Crippen LogP contribution >= 0.6 is 0 Å². The van der Waals surface area contributed by atoms with E-state index in [1.807, 2.05) is 24.3 Å². The van der Waals surface area contributed by atoms with Crippen LogP contribution in [-0.4, -0.2) is 15.1 Å². The van der Waals surface area contributed by atoms with Crippen molar-refractivity contribution in [3.63, 3.8) is 0 Å². The Morgan fingerprint density at radius 2 is 1.45 bits per heavy atom. The van der Waals surface area contributed by atoms with Gasteiger partial charge >= 0.3 is 0 Å². The largest absolute Gasteiger partial charge is 0.439 e. The van der Waals surface area contributed by atoms with Crippen molar-refractivity contribution in [1.82, 2.24) is 15.1 Å². The van der Waals surface area contributed by atoms with Gasteiger partial charge in [0.05, 0.1) is 0 Å². The first-order valence-corrected chi connectivity index (χ1v) is 9.55. The van der Waals surface area contributed by atoms with E-state index in [0.717, 1.165) is 5.75 Å². The van der Waals surface area contributed by atoms with Gasteiger partial charge in [0.2, 0.25) is 5.88 Å². The van der Waals surface area contributed by atoms with Gasteiger partial charge in [-0.05, 0) is 43.2 Å². The molecule has 29 heavy (non-hydrogen) atoms. The van der Waals surface area contributed by atoms with Crippen molar-refractivity contribution in [3.05, 3.63) is 89.2 Å². The number of aromatic nitrogens is 3. The van der Waals surface area contributed by atoms with Crippen LogP contribution in [0.5, 0.6) is 11.6 Å². The minimum Gasteiger partial charge on any atom is -0.439 e. The molecule has 5 heteroatoms. The molecule has 5 nitrogen and oxygen atoms in total. The van der Waals surface area contributed by atoms with Gasteiger partial charge in [-0.1, -0.05) is 67.0 Å². The van der Waals surface area contributed by atoms with Gasteiger partial charge in [0.1, 0.15) is 11.4 Å². The number of hydrogen-bond donors (Lipinski definition) is 0. The first-order valence-electron chi connectivity index (χ1n) is 9.55. The molecular weight excluding hydrogens is 362 g/mol. The van der Waals surface area contributed by atoms with E-state index in [9.17, 15) is 0 Å². The Morgan fingerprint density at radius 3 is 2.07 bits per heavy atom. The molecule has 0 bridgehead atoms. The van der Waals surface area contributed by atoms with E-state index >= 15 is 0 Å². The zero-order valence-electron chi connectivity index (χ0n) is 17.0. The number of aryl methyl sites for hydroxylation is 2. The number of ether oxygens (including phenoxy) is 1. The third kappa shape index (κ3) is 4.04. The lowest BCUT2D eigenvalue weighted by molar-refractivity contribution is 0.422. The van der Waals surface area contributed by atoms with Crippen LogP contribution in [0.1, 0.15) is 36.4 Å². The zero-order valence-corrected chi connectivity index (χ0v) is 17.0. The third-order valence-electron chi connectivity index (χ3n) is 5.04. The average molecular weight is 385 g/mol. The molecule has 2 aromatic carbocycles. The predicted octanol–water partition coefficient (Wildman–Crippen LogP) is 5.87. The predicted molar refractivity (Wildman–Crippen MR) is 112 cm³/mol. The van der Waals surface area contributed by atoms with E-state index in [2.05, 4.69) is 72.3 Å². The molecule has 0 aliphatic heterocycles. The van der Waals surface area contributed by atoms with Crippen molar-refractivity contribution < 1.29 is 9.26 Å². The van der Waals surface area contributed by atoms with Crippen LogP contribution in [0, 0.1) is 13.8 Å². The van der Waals surface area contributed by atoms with E-state index in [4.69, 9.17) is 9.26 Å². The highest BCUT2D eigenvalue weighted by molar-refractivity contribution is 5.48. The van der Waals surface area contributed by atoms with Crippen LogP contribution in [0.15, 0.2) is 71.3 Å². The number of hydrogen-bond acceptors (Lipinski definition) is 5. The molecule has 0 unspecified atom stereocenters. The number of benzene rings is 2. The van der Waals surface area contributed by atoms with Crippen molar-refractivity contribution >= 4 is 0 Å². The Bertz CT molecular complexity index is 1110. The van der Waals surface area contributed by atoms with Crippen molar-refractivity contribution in [3.8, 4) is 23.2 Å². The summed E-state index contributed by atoms with van der Waals surface area (Å²) in [7, 11) is 0. The van der Waals surface area contributed by atoms with Crippen molar-refractivity contribution in [1.29, 1.82) is 0 Å². The number of pyridine rings is 1. The topological polar surface area (TPSA) is 61.0 Å². The molecule has 0 saturated carbocycles. The van der Waals surface area contributed by atoms with Gasteiger partial charge in [0, 0.05) is 11.5 Å². The Hall–Kier alpha value is -3.47.